The van der Waals surface area contributed by atoms with Gasteiger partial charge in [0.25, 0.3) is 11.8 Å². The van der Waals surface area contributed by atoms with Crippen molar-refractivity contribution in [3.05, 3.63) is 60.2 Å². The molecule has 0 aliphatic rings. The Bertz CT molecular complexity index is 712. The van der Waals surface area contributed by atoms with Crippen LogP contribution < -0.4 is 10.6 Å². The van der Waals surface area contributed by atoms with Gasteiger partial charge >= 0.3 is 5.97 Å². The molecule has 2 aromatic rings. The third kappa shape index (κ3) is 4.95. The molecule has 0 saturated carbocycles. The molecular formula is C18H18N2O4. The van der Waals surface area contributed by atoms with E-state index in [1.807, 2.05) is 42.5 Å². The molecule has 2 aromatic carbocycles. The van der Waals surface area contributed by atoms with E-state index in [9.17, 15) is 14.4 Å². The molecular weight excluding hydrogens is 308 g/mol. The van der Waals surface area contributed by atoms with Gasteiger partial charge in [-0.1, -0.05) is 42.5 Å². The molecule has 0 unspecified atom stereocenters. The van der Waals surface area contributed by atoms with Crippen molar-refractivity contribution in [1.82, 2.24) is 10.6 Å². The van der Waals surface area contributed by atoms with Crippen molar-refractivity contribution in [2.75, 3.05) is 20.2 Å². The van der Waals surface area contributed by atoms with E-state index in [0.717, 1.165) is 11.1 Å². The summed E-state index contributed by atoms with van der Waals surface area (Å²) in [5, 5.41) is 4.78. The fraction of sp³-hybridized carbons (Fsp3) is 0.167. The van der Waals surface area contributed by atoms with Gasteiger partial charge in [0, 0.05) is 12.6 Å². The van der Waals surface area contributed by atoms with Crippen LogP contribution in [0.3, 0.4) is 0 Å². The van der Waals surface area contributed by atoms with E-state index in [2.05, 4.69) is 10.6 Å². The van der Waals surface area contributed by atoms with Crippen molar-refractivity contribution in [3.63, 3.8) is 0 Å². The average molecular weight is 326 g/mol. The predicted octanol–water partition coefficient (Wildman–Crippen LogP) is 1.37. The summed E-state index contributed by atoms with van der Waals surface area (Å²) in [5.41, 5.74) is 2.49. The van der Waals surface area contributed by atoms with Gasteiger partial charge in [0.2, 0.25) is 0 Å². The Hall–Kier alpha value is -3.15. The summed E-state index contributed by atoms with van der Waals surface area (Å²) < 4.78 is 4.69. The van der Waals surface area contributed by atoms with Crippen molar-refractivity contribution < 1.29 is 19.1 Å². The Morgan fingerprint density at radius 3 is 2.17 bits per heavy atom. The van der Waals surface area contributed by atoms with Crippen LogP contribution in [0.4, 0.5) is 0 Å². The summed E-state index contributed by atoms with van der Waals surface area (Å²) >= 11 is 0. The maximum Gasteiger partial charge on any atom is 0.325 e. The fourth-order valence-electron chi connectivity index (χ4n) is 1.97. The topological polar surface area (TPSA) is 84.5 Å². The largest absolute Gasteiger partial charge is 0.454 e. The molecule has 0 aliphatic carbocycles. The zero-order chi connectivity index (χ0) is 17.4. The standard InChI is InChI=1S/C18H18N2O4/c1-19-16(21)12-24-17(22)11-20-18(23)15-9-7-14(8-10-15)13-5-3-2-4-6-13/h2-10H,11-12H2,1H3,(H,19,21)(H,20,23). The van der Waals surface area contributed by atoms with Crippen LogP contribution in [0.5, 0.6) is 0 Å². The average Bonchev–Trinajstić information content (AvgIpc) is 2.64. The lowest BCUT2D eigenvalue weighted by atomic mass is 10.0. The number of rotatable bonds is 6. The summed E-state index contributed by atoms with van der Waals surface area (Å²) in [6, 6.07) is 16.9. The highest BCUT2D eigenvalue weighted by Gasteiger charge is 2.10. The van der Waals surface area contributed by atoms with Crippen molar-refractivity contribution in [2.24, 2.45) is 0 Å². The predicted molar refractivity (Wildman–Crippen MR) is 89.2 cm³/mol. The SMILES string of the molecule is CNC(=O)COC(=O)CNC(=O)c1ccc(-c2ccccc2)cc1. The lowest BCUT2D eigenvalue weighted by molar-refractivity contribution is -0.147. The lowest BCUT2D eigenvalue weighted by Crippen LogP contribution is -2.33. The van der Waals surface area contributed by atoms with Crippen molar-refractivity contribution in [3.8, 4) is 11.1 Å². The van der Waals surface area contributed by atoms with Crippen molar-refractivity contribution in [1.29, 1.82) is 0 Å². The molecule has 6 nitrogen and oxygen atoms in total. The van der Waals surface area contributed by atoms with Gasteiger partial charge in [0.15, 0.2) is 6.61 Å². The molecule has 24 heavy (non-hydrogen) atoms. The molecule has 0 heterocycles. The summed E-state index contributed by atoms with van der Waals surface area (Å²) in [7, 11) is 1.44. The number of hydrogen-bond acceptors (Lipinski definition) is 4. The van der Waals surface area contributed by atoms with Crippen LogP contribution in [-0.2, 0) is 14.3 Å². The van der Waals surface area contributed by atoms with E-state index >= 15 is 0 Å². The Labute approximate surface area is 139 Å². The van der Waals surface area contributed by atoms with E-state index in [1.165, 1.54) is 7.05 Å². The zero-order valence-electron chi connectivity index (χ0n) is 13.2. The molecule has 2 rings (SSSR count). The minimum absolute atomic E-state index is 0.295. The maximum atomic E-state index is 12.0. The Balaban J connectivity index is 1.87. The first-order valence-corrected chi connectivity index (χ1v) is 7.40. The number of hydrogen-bond donors (Lipinski definition) is 2. The van der Waals surface area contributed by atoms with Gasteiger partial charge in [-0.15, -0.1) is 0 Å². The Kier molecular flexibility index (Phi) is 6.08. The highest BCUT2D eigenvalue weighted by molar-refractivity contribution is 5.96. The van der Waals surface area contributed by atoms with Gasteiger partial charge in [-0.3, -0.25) is 14.4 Å². The normalized spacial score (nSPS) is 9.88. The number of esters is 1. The fourth-order valence-corrected chi connectivity index (χ4v) is 1.97. The zero-order valence-corrected chi connectivity index (χ0v) is 13.2. The molecule has 2 amide bonds. The molecule has 6 heteroatoms. The number of carbonyl (C=O) groups is 3. The molecule has 0 atom stereocenters. The van der Waals surface area contributed by atoms with Crippen molar-refractivity contribution >= 4 is 17.8 Å². The summed E-state index contributed by atoms with van der Waals surface area (Å²) in [5.74, 6) is -1.47. The maximum absolute atomic E-state index is 12.0. The Morgan fingerprint density at radius 1 is 0.917 bits per heavy atom. The second-order valence-electron chi connectivity index (χ2n) is 4.96. The van der Waals surface area contributed by atoms with Crippen molar-refractivity contribution in [2.45, 2.75) is 0 Å². The molecule has 0 spiro atoms. The number of likely N-dealkylation sites (N-methyl/N-ethyl adjacent to an activating group) is 1. The minimum Gasteiger partial charge on any atom is -0.454 e. The van der Waals surface area contributed by atoms with E-state index in [1.54, 1.807) is 12.1 Å². The molecule has 2 N–H and O–H groups in total. The van der Waals surface area contributed by atoms with Crippen LogP contribution in [0.25, 0.3) is 11.1 Å². The molecule has 124 valence electrons. The van der Waals surface area contributed by atoms with E-state index in [4.69, 9.17) is 4.74 Å². The lowest BCUT2D eigenvalue weighted by Gasteiger charge is -2.07. The van der Waals surface area contributed by atoms with Gasteiger partial charge in [0.1, 0.15) is 6.54 Å². The molecule has 0 fully saturated rings. The smallest absolute Gasteiger partial charge is 0.325 e. The molecule has 0 saturated heterocycles. The van der Waals surface area contributed by atoms with Gasteiger partial charge in [-0.25, -0.2) is 0 Å². The minimum atomic E-state index is -0.673. The first kappa shape index (κ1) is 17.2. The monoisotopic (exact) mass is 326 g/mol. The number of nitrogens with one attached hydrogen (secondary N) is 2. The van der Waals surface area contributed by atoms with Crippen LogP contribution in [-0.4, -0.2) is 38.0 Å². The number of amides is 2. The van der Waals surface area contributed by atoms with Gasteiger partial charge in [0.05, 0.1) is 0 Å². The van der Waals surface area contributed by atoms with E-state index < -0.39 is 11.9 Å². The molecule has 0 bridgehead atoms. The van der Waals surface area contributed by atoms with Gasteiger partial charge in [-0.05, 0) is 23.3 Å². The number of benzene rings is 2. The van der Waals surface area contributed by atoms with Crippen LogP contribution in [0.15, 0.2) is 54.6 Å². The highest BCUT2D eigenvalue weighted by atomic mass is 16.5. The molecule has 0 radical (unpaired) electrons. The second kappa shape index (κ2) is 8.47. The third-order valence-corrected chi connectivity index (χ3v) is 3.29. The van der Waals surface area contributed by atoms with E-state index in [-0.39, 0.29) is 19.1 Å². The molecule has 0 aliphatic heterocycles. The van der Waals surface area contributed by atoms with Crippen LogP contribution in [0, 0.1) is 0 Å². The summed E-state index contributed by atoms with van der Waals surface area (Å²) in [4.78, 5) is 34.4. The number of carbonyl (C=O) groups excluding carboxylic acids is 3. The number of ether oxygens (including phenoxy) is 1. The van der Waals surface area contributed by atoms with Gasteiger partial charge in [-0.2, -0.15) is 0 Å². The first-order chi connectivity index (χ1) is 11.6. The molecule has 0 aromatic heterocycles. The Morgan fingerprint density at radius 2 is 1.54 bits per heavy atom. The van der Waals surface area contributed by atoms with Crippen LogP contribution >= 0.6 is 0 Å². The van der Waals surface area contributed by atoms with Crippen LogP contribution in [0.1, 0.15) is 10.4 Å². The van der Waals surface area contributed by atoms with E-state index in [0.29, 0.717) is 5.56 Å². The quantitative estimate of drug-likeness (QED) is 0.785. The highest BCUT2D eigenvalue weighted by Crippen LogP contribution is 2.19. The van der Waals surface area contributed by atoms with Gasteiger partial charge < -0.3 is 15.4 Å². The summed E-state index contributed by atoms with van der Waals surface area (Å²) in [6.07, 6.45) is 0. The third-order valence-electron chi connectivity index (χ3n) is 3.29. The van der Waals surface area contributed by atoms with Crippen LogP contribution in [0.2, 0.25) is 0 Å². The summed E-state index contributed by atoms with van der Waals surface area (Å²) in [6.45, 7) is -0.659. The second-order valence-corrected chi connectivity index (χ2v) is 4.96. The first-order valence-electron chi connectivity index (χ1n) is 7.40.